The number of nitrogens with zero attached hydrogens (tertiary/aromatic N) is 5. The molecule has 10 nitrogen and oxygen atoms in total. The fourth-order valence-electron chi connectivity index (χ4n) is 2.18. The van der Waals surface area contributed by atoms with E-state index in [0.29, 0.717) is 11.3 Å². The van der Waals surface area contributed by atoms with E-state index in [-0.39, 0.29) is 12.5 Å². The number of aromatic amines is 1. The molecule has 0 aliphatic carbocycles. The van der Waals surface area contributed by atoms with Crippen LogP contribution >= 0.6 is 0 Å². The molecule has 1 aromatic carbocycles. The number of nitro groups is 1. The minimum absolute atomic E-state index is 0.176. The Kier molecular flexibility index (Phi) is 4.01. The first-order chi connectivity index (χ1) is 11.5. The van der Waals surface area contributed by atoms with Crippen molar-refractivity contribution >= 4 is 28.5 Å². The first kappa shape index (κ1) is 15.3. The number of carbonyl (C=O) groups is 1. The maximum atomic E-state index is 12.2. The number of hydrogen-bond donors (Lipinski definition) is 2. The summed E-state index contributed by atoms with van der Waals surface area (Å²) in [5.74, 6) is -0.831. The number of fused-ring (bicyclic) bond motifs is 1. The minimum Gasteiger partial charge on any atom is -0.390 e. The standard InChI is InChI=1S/C14H13N7O3/c1-9(7-20-8-16-14(19-20)21(23)24)17-18-13(22)11-6-15-12-5-3-2-4-10(11)12/h2-6,8,15H,7H2,1H3,(H,18,22). The van der Waals surface area contributed by atoms with Crippen LogP contribution in [0, 0.1) is 10.1 Å². The van der Waals surface area contributed by atoms with Crippen LogP contribution in [0.4, 0.5) is 5.95 Å². The maximum absolute atomic E-state index is 12.2. The summed E-state index contributed by atoms with van der Waals surface area (Å²) >= 11 is 0. The van der Waals surface area contributed by atoms with E-state index < -0.39 is 10.9 Å². The molecule has 0 aliphatic heterocycles. The lowest BCUT2D eigenvalue weighted by Crippen LogP contribution is -2.20. The average Bonchev–Trinajstić information content (AvgIpc) is 3.19. The number of nitrogens with one attached hydrogen (secondary N) is 2. The topological polar surface area (TPSA) is 131 Å². The van der Waals surface area contributed by atoms with E-state index in [0.717, 1.165) is 10.9 Å². The number of aromatic nitrogens is 4. The molecule has 0 saturated heterocycles. The Hall–Kier alpha value is -3.56. The fraction of sp³-hybridized carbons (Fsp3) is 0.143. The summed E-state index contributed by atoms with van der Waals surface area (Å²) in [5.41, 5.74) is 4.32. The molecule has 0 saturated carbocycles. The van der Waals surface area contributed by atoms with Crippen LogP contribution in [0.2, 0.25) is 0 Å². The molecule has 1 amide bonds. The molecule has 2 N–H and O–H groups in total. The lowest BCUT2D eigenvalue weighted by atomic mass is 10.2. The molecule has 24 heavy (non-hydrogen) atoms. The predicted octanol–water partition coefficient (Wildman–Crippen LogP) is 1.47. The number of hydrogen-bond acceptors (Lipinski definition) is 6. The molecule has 3 aromatic rings. The van der Waals surface area contributed by atoms with Gasteiger partial charge >= 0.3 is 5.95 Å². The molecular formula is C14H13N7O3. The van der Waals surface area contributed by atoms with E-state index in [9.17, 15) is 14.9 Å². The van der Waals surface area contributed by atoms with Crippen LogP contribution in [0.1, 0.15) is 17.3 Å². The Morgan fingerprint density at radius 3 is 3.00 bits per heavy atom. The maximum Gasteiger partial charge on any atom is 0.490 e. The van der Waals surface area contributed by atoms with Crippen LogP contribution in [-0.4, -0.2) is 36.3 Å². The molecule has 10 heteroatoms. The van der Waals surface area contributed by atoms with Gasteiger partial charge in [-0.2, -0.15) is 9.78 Å². The first-order valence-corrected chi connectivity index (χ1v) is 6.98. The fourth-order valence-corrected chi connectivity index (χ4v) is 2.18. The van der Waals surface area contributed by atoms with Crippen molar-refractivity contribution in [3.05, 3.63) is 52.5 Å². The number of para-hydroxylation sites is 1. The molecule has 2 heterocycles. The summed E-state index contributed by atoms with van der Waals surface area (Å²) in [6.45, 7) is 1.85. The summed E-state index contributed by atoms with van der Waals surface area (Å²) in [6.07, 6.45) is 2.85. The predicted molar refractivity (Wildman–Crippen MR) is 85.6 cm³/mol. The van der Waals surface area contributed by atoms with Crippen LogP contribution in [0.25, 0.3) is 10.9 Å². The Balaban J connectivity index is 1.67. The van der Waals surface area contributed by atoms with Crippen molar-refractivity contribution in [2.24, 2.45) is 5.10 Å². The van der Waals surface area contributed by atoms with E-state index in [1.54, 1.807) is 13.1 Å². The number of H-pyrrole nitrogens is 1. The molecule has 0 fully saturated rings. The van der Waals surface area contributed by atoms with Crippen molar-refractivity contribution in [1.29, 1.82) is 0 Å². The summed E-state index contributed by atoms with van der Waals surface area (Å²) in [5, 5.41) is 19.0. The molecule has 0 unspecified atom stereocenters. The lowest BCUT2D eigenvalue weighted by molar-refractivity contribution is -0.394. The van der Waals surface area contributed by atoms with E-state index in [1.165, 1.54) is 11.0 Å². The second-order valence-corrected chi connectivity index (χ2v) is 5.04. The smallest absolute Gasteiger partial charge is 0.390 e. The zero-order chi connectivity index (χ0) is 17.1. The lowest BCUT2D eigenvalue weighted by Gasteiger charge is -2.01. The van der Waals surface area contributed by atoms with E-state index >= 15 is 0 Å². The van der Waals surface area contributed by atoms with Gasteiger partial charge in [0.2, 0.25) is 6.33 Å². The van der Waals surface area contributed by atoms with Crippen LogP contribution in [0.15, 0.2) is 41.9 Å². The molecule has 0 spiro atoms. The largest absolute Gasteiger partial charge is 0.490 e. The normalized spacial score (nSPS) is 11.6. The van der Waals surface area contributed by atoms with Crippen molar-refractivity contribution in [1.82, 2.24) is 25.2 Å². The third-order valence-corrected chi connectivity index (χ3v) is 3.26. The second kappa shape index (κ2) is 6.28. The molecular weight excluding hydrogens is 314 g/mol. The van der Waals surface area contributed by atoms with Crippen molar-refractivity contribution in [3.8, 4) is 0 Å². The summed E-state index contributed by atoms with van der Waals surface area (Å²) in [6, 6.07) is 7.43. The number of hydrazone groups is 1. The highest BCUT2D eigenvalue weighted by Gasteiger charge is 2.14. The first-order valence-electron chi connectivity index (χ1n) is 6.98. The van der Waals surface area contributed by atoms with Crippen molar-refractivity contribution < 1.29 is 9.72 Å². The van der Waals surface area contributed by atoms with E-state index in [1.807, 2.05) is 24.3 Å². The minimum atomic E-state index is -0.679. The Bertz CT molecular complexity index is 941. The van der Waals surface area contributed by atoms with E-state index in [4.69, 9.17) is 0 Å². The molecule has 0 aliphatic rings. The second-order valence-electron chi connectivity index (χ2n) is 5.04. The van der Waals surface area contributed by atoms with Crippen LogP contribution in [-0.2, 0) is 6.54 Å². The van der Waals surface area contributed by atoms with Crippen molar-refractivity contribution in [2.75, 3.05) is 0 Å². The van der Waals surface area contributed by atoms with Crippen molar-refractivity contribution in [2.45, 2.75) is 13.5 Å². The Morgan fingerprint density at radius 2 is 2.25 bits per heavy atom. The van der Waals surface area contributed by atoms with Crippen molar-refractivity contribution in [3.63, 3.8) is 0 Å². The van der Waals surface area contributed by atoms with Crippen LogP contribution in [0.3, 0.4) is 0 Å². The van der Waals surface area contributed by atoms with Gasteiger partial charge in [-0.3, -0.25) is 4.79 Å². The molecule has 2 aromatic heterocycles. The molecule has 0 bridgehead atoms. The van der Waals surface area contributed by atoms with Gasteiger partial charge in [-0.25, -0.2) is 5.43 Å². The molecule has 122 valence electrons. The van der Waals surface area contributed by atoms with Gasteiger partial charge in [-0.15, -0.1) is 0 Å². The average molecular weight is 327 g/mol. The summed E-state index contributed by atoms with van der Waals surface area (Å²) in [7, 11) is 0. The summed E-state index contributed by atoms with van der Waals surface area (Å²) < 4.78 is 1.27. The number of amides is 1. The Labute approximate surface area is 135 Å². The van der Waals surface area contributed by atoms with Gasteiger partial charge in [0.15, 0.2) is 0 Å². The van der Waals surface area contributed by atoms with Gasteiger partial charge in [0.05, 0.1) is 17.8 Å². The van der Waals surface area contributed by atoms with Crippen LogP contribution < -0.4 is 5.43 Å². The highest BCUT2D eigenvalue weighted by Crippen LogP contribution is 2.17. The van der Waals surface area contributed by atoms with Gasteiger partial charge < -0.3 is 15.1 Å². The summed E-state index contributed by atoms with van der Waals surface area (Å²) in [4.78, 5) is 28.6. The Morgan fingerprint density at radius 1 is 1.46 bits per heavy atom. The number of rotatable bonds is 5. The molecule has 3 rings (SSSR count). The highest BCUT2D eigenvalue weighted by molar-refractivity contribution is 6.06. The molecule has 0 atom stereocenters. The van der Waals surface area contributed by atoms with Gasteiger partial charge in [0.1, 0.15) is 0 Å². The SMILES string of the molecule is CC(Cn1cnc([N+](=O)[O-])n1)=NNC(=O)c1c[nH]c2ccccc12. The van der Waals surface area contributed by atoms with Gasteiger partial charge in [0, 0.05) is 22.2 Å². The van der Waals surface area contributed by atoms with Gasteiger partial charge in [-0.1, -0.05) is 23.2 Å². The third-order valence-electron chi connectivity index (χ3n) is 3.26. The highest BCUT2D eigenvalue weighted by atomic mass is 16.6. The third kappa shape index (κ3) is 3.11. The number of benzene rings is 1. The number of carbonyl (C=O) groups excluding carboxylic acids is 1. The zero-order valence-corrected chi connectivity index (χ0v) is 12.6. The monoisotopic (exact) mass is 327 g/mol. The zero-order valence-electron chi connectivity index (χ0n) is 12.6. The molecule has 0 radical (unpaired) electrons. The van der Waals surface area contributed by atoms with Crippen LogP contribution in [0.5, 0.6) is 0 Å². The quantitative estimate of drug-likeness (QED) is 0.416. The van der Waals surface area contributed by atoms with Gasteiger partial charge in [-0.05, 0) is 17.9 Å². The van der Waals surface area contributed by atoms with E-state index in [2.05, 4.69) is 25.6 Å². The van der Waals surface area contributed by atoms with Gasteiger partial charge in [0.25, 0.3) is 5.91 Å².